The van der Waals surface area contributed by atoms with Gasteiger partial charge in [-0.25, -0.2) is 0 Å². The largest absolute Gasteiger partial charge is 0.495 e. The van der Waals surface area contributed by atoms with E-state index in [0.717, 1.165) is 22.7 Å². The smallest absolute Gasteiger partial charge is 0.196 e. The van der Waals surface area contributed by atoms with Crippen molar-refractivity contribution in [2.24, 2.45) is 0 Å². The molecule has 4 rings (SSSR count). The lowest BCUT2D eigenvalue weighted by molar-refractivity contribution is 0.102. The number of hydrogen-bond acceptors (Lipinski definition) is 5. The van der Waals surface area contributed by atoms with Crippen LogP contribution in [0.15, 0.2) is 41.8 Å². The zero-order valence-corrected chi connectivity index (χ0v) is 16.5. The van der Waals surface area contributed by atoms with Crippen molar-refractivity contribution in [2.75, 3.05) is 12.9 Å². The fraction of sp³-hybridized carbons (Fsp3) is 0.350. The van der Waals surface area contributed by atoms with Gasteiger partial charge in [-0.1, -0.05) is 23.9 Å². The first-order valence-corrected chi connectivity index (χ1v) is 9.96. The highest BCUT2D eigenvalue weighted by Crippen LogP contribution is 2.38. The van der Waals surface area contributed by atoms with Crippen LogP contribution in [0.5, 0.6) is 5.75 Å². The summed E-state index contributed by atoms with van der Waals surface area (Å²) >= 11 is 1.39. The van der Waals surface area contributed by atoms with Gasteiger partial charge in [0.05, 0.1) is 18.6 Å². The second-order valence-electron chi connectivity index (χ2n) is 6.75. The number of aryl methyl sites for hydroxylation is 1. The maximum absolute atomic E-state index is 12.8. The standard InChI is InChI=1S/C20H22N4O2S/c1-13-10-16(14(2)24(13)15-8-9-15)18(25)11-27-20-22-21-12-23(20)17-6-4-5-7-19(17)26-3/h4-7,10,12,15H,8-9,11H2,1-3H3. The Hall–Kier alpha value is -2.54. The van der Waals surface area contributed by atoms with Crippen molar-refractivity contribution in [1.82, 2.24) is 19.3 Å². The molecule has 2 heterocycles. The molecule has 1 aliphatic carbocycles. The molecule has 2 aromatic heterocycles. The molecule has 1 saturated carbocycles. The van der Waals surface area contributed by atoms with Crippen LogP contribution in [0.3, 0.4) is 0 Å². The van der Waals surface area contributed by atoms with E-state index < -0.39 is 0 Å². The van der Waals surface area contributed by atoms with Crippen molar-refractivity contribution in [2.45, 2.75) is 37.9 Å². The van der Waals surface area contributed by atoms with Crippen molar-refractivity contribution >= 4 is 17.5 Å². The number of para-hydroxylation sites is 2. The Morgan fingerprint density at radius 2 is 2.07 bits per heavy atom. The summed E-state index contributed by atoms with van der Waals surface area (Å²) in [6.45, 7) is 4.12. The Labute approximate surface area is 162 Å². The van der Waals surface area contributed by atoms with Crippen LogP contribution in [0.2, 0.25) is 0 Å². The lowest BCUT2D eigenvalue weighted by atomic mass is 10.2. The highest BCUT2D eigenvalue weighted by molar-refractivity contribution is 7.99. The number of thioether (sulfide) groups is 1. The third-order valence-corrected chi connectivity index (χ3v) is 5.83. The van der Waals surface area contributed by atoms with E-state index >= 15 is 0 Å². The van der Waals surface area contributed by atoms with Crippen LogP contribution in [-0.4, -0.2) is 38.0 Å². The number of Topliss-reactive ketones (excluding diaryl/α,β-unsaturated/α-hetero) is 1. The number of rotatable bonds is 7. The quantitative estimate of drug-likeness (QED) is 0.456. The van der Waals surface area contributed by atoms with Crippen LogP contribution in [0.25, 0.3) is 5.69 Å². The molecule has 3 aromatic rings. The van der Waals surface area contributed by atoms with Crippen molar-refractivity contribution in [3.8, 4) is 11.4 Å². The molecule has 0 aliphatic heterocycles. The number of ether oxygens (including phenoxy) is 1. The second-order valence-corrected chi connectivity index (χ2v) is 7.70. The van der Waals surface area contributed by atoms with Crippen molar-refractivity contribution in [1.29, 1.82) is 0 Å². The van der Waals surface area contributed by atoms with Gasteiger partial charge in [0.2, 0.25) is 0 Å². The summed E-state index contributed by atoms with van der Waals surface area (Å²) in [6, 6.07) is 10.3. The molecule has 0 N–H and O–H groups in total. The molecule has 140 valence electrons. The third kappa shape index (κ3) is 3.39. The van der Waals surface area contributed by atoms with Gasteiger partial charge in [0.25, 0.3) is 0 Å². The van der Waals surface area contributed by atoms with Crippen LogP contribution in [0.4, 0.5) is 0 Å². The van der Waals surface area contributed by atoms with Crippen molar-refractivity contribution in [3.05, 3.63) is 53.6 Å². The molecule has 27 heavy (non-hydrogen) atoms. The lowest BCUT2D eigenvalue weighted by Gasteiger charge is -2.10. The Balaban J connectivity index is 1.53. The number of hydrogen-bond donors (Lipinski definition) is 0. The molecule has 0 bridgehead atoms. The minimum atomic E-state index is 0.120. The normalized spacial score (nSPS) is 13.7. The van der Waals surface area contributed by atoms with E-state index in [2.05, 4.69) is 21.7 Å². The van der Waals surface area contributed by atoms with E-state index in [1.165, 1.54) is 30.3 Å². The van der Waals surface area contributed by atoms with Gasteiger partial charge < -0.3 is 9.30 Å². The van der Waals surface area contributed by atoms with Gasteiger partial charge in [-0.2, -0.15) is 0 Å². The summed E-state index contributed by atoms with van der Waals surface area (Å²) in [5, 5.41) is 8.86. The predicted octanol–water partition coefficient (Wildman–Crippen LogP) is 4.00. The third-order valence-electron chi connectivity index (χ3n) is 4.89. The van der Waals surface area contributed by atoms with E-state index in [0.29, 0.717) is 17.0 Å². The number of benzene rings is 1. The number of ketones is 1. The Morgan fingerprint density at radius 1 is 1.30 bits per heavy atom. The Bertz CT molecular complexity index is 988. The summed E-state index contributed by atoms with van der Waals surface area (Å²) in [5.41, 5.74) is 3.91. The number of carbonyl (C=O) groups excluding carboxylic acids is 1. The number of carbonyl (C=O) groups is 1. The lowest BCUT2D eigenvalue weighted by Crippen LogP contribution is -2.07. The first kappa shape index (κ1) is 17.9. The van der Waals surface area contributed by atoms with Crippen LogP contribution in [0, 0.1) is 13.8 Å². The van der Waals surface area contributed by atoms with E-state index in [1.807, 2.05) is 41.8 Å². The zero-order valence-electron chi connectivity index (χ0n) is 15.7. The van der Waals surface area contributed by atoms with Crippen LogP contribution < -0.4 is 4.74 Å². The van der Waals surface area contributed by atoms with E-state index in [4.69, 9.17) is 4.74 Å². The van der Waals surface area contributed by atoms with E-state index in [1.54, 1.807) is 13.4 Å². The summed E-state index contributed by atoms with van der Waals surface area (Å²) < 4.78 is 9.58. The first-order chi connectivity index (χ1) is 13.1. The topological polar surface area (TPSA) is 61.9 Å². The maximum Gasteiger partial charge on any atom is 0.196 e. The monoisotopic (exact) mass is 382 g/mol. The second kappa shape index (κ2) is 7.23. The molecular formula is C20H22N4O2S. The van der Waals surface area contributed by atoms with Crippen LogP contribution in [0.1, 0.15) is 40.6 Å². The summed E-state index contributed by atoms with van der Waals surface area (Å²) in [4.78, 5) is 12.8. The molecule has 7 heteroatoms. The van der Waals surface area contributed by atoms with E-state index in [-0.39, 0.29) is 5.78 Å². The Morgan fingerprint density at radius 3 is 2.81 bits per heavy atom. The molecule has 1 fully saturated rings. The van der Waals surface area contributed by atoms with Crippen molar-refractivity contribution < 1.29 is 9.53 Å². The zero-order chi connectivity index (χ0) is 19.0. The molecule has 0 radical (unpaired) electrons. The predicted molar refractivity (Wildman–Crippen MR) is 105 cm³/mol. The molecule has 0 amide bonds. The Kier molecular flexibility index (Phi) is 4.78. The molecule has 1 aliphatic rings. The van der Waals surface area contributed by atoms with Gasteiger partial charge in [-0.3, -0.25) is 9.36 Å². The molecule has 1 aromatic carbocycles. The van der Waals surface area contributed by atoms with E-state index in [9.17, 15) is 4.79 Å². The SMILES string of the molecule is COc1ccccc1-n1cnnc1SCC(=O)c1cc(C)n(C2CC2)c1C. The van der Waals surface area contributed by atoms with Gasteiger partial charge in [-0.15, -0.1) is 10.2 Å². The average molecular weight is 382 g/mol. The number of methoxy groups -OCH3 is 1. The molecule has 6 nitrogen and oxygen atoms in total. The minimum Gasteiger partial charge on any atom is -0.495 e. The molecular weight excluding hydrogens is 360 g/mol. The van der Waals surface area contributed by atoms with Gasteiger partial charge in [0.1, 0.15) is 12.1 Å². The van der Waals surface area contributed by atoms with Gasteiger partial charge >= 0.3 is 0 Å². The fourth-order valence-corrected chi connectivity index (χ4v) is 4.28. The minimum absolute atomic E-state index is 0.120. The van der Waals surface area contributed by atoms with Gasteiger partial charge in [0, 0.05) is 23.0 Å². The van der Waals surface area contributed by atoms with Crippen LogP contribution >= 0.6 is 11.8 Å². The summed E-state index contributed by atoms with van der Waals surface area (Å²) in [5.74, 6) is 1.18. The maximum atomic E-state index is 12.8. The van der Waals surface area contributed by atoms with Crippen molar-refractivity contribution in [3.63, 3.8) is 0 Å². The molecule has 0 unspecified atom stereocenters. The number of aromatic nitrogens is 4. The highest BCUT2D eigenvalue weighted by Gasteiger charge is 2.28. The molecule has 0 spiro atoms. The van der Waals surface area contributed by atoms with Gasteiger partial charge in [0.15, 0.2) is 10.9 Å². The molecule has 0 atom stereocenters. The average Bonchev–Trinajstić information content (AvgIpc) is 3.31. The molecule has 0 saturated heterocycles. The number of nitrogens with zero attached hydrogens (tertiary/aromatic N) is 4. The van der Waals surface area contributed by atoms with Crippen LogP contribution in [-0.2, 0) is 0 Å². The fourth-order valence-electron chi connectivity index (χ4n) is 3.48. The van der Waals surface area contributed by atoms with Gasteiger partial charge in [-0.05, 0) is 44.9 Å². The summed E-state index contributed by atoms with van der Waals surface area (Å²) in [6.07, 6.45) is 4.06. The summed E-state index contributed by atoms with van der Waals surface area (Å²) in [7, 11) is 1.63. The first-order valence-electron chi connectivity index (χ1n) is 8.98. The highest BCUT2D eigenvalue weighted by atomic mass is 32.2.